The lowest BCUT2D eigenvalue weighted by Crippen LogP contribution is -2.29. The van der Waals surface area contributed by atoms with E-state index in [2.05, 4.69) is 30.8 Å². The van der Waals surface area contributed by atoms with E-state index < -0.39 is 0 Å². The highest BCUT2D eigenvalue weighted by Gasteiger charge is 2.08. The number of fused-ring (bicyclic) bond motifs is 1. The summed E-state index contributed by atoms with van der Waals surface area (Å²) in [5.74, 6) is 0.593. The van der Waals surface area contributed by atoms with Crippen molar-refractivity contribution in [1.82, 2.24) is 25.5 Å². The van der Waals surface area contributed by atoms with Gasteiger partial charge in [-0.25, -0.2) is 9.97 Å². The molecule has 0 aliphatic carbocycles. The van der Waals surface area contributed by atoms with E-state index in [9.17, 15) is 4.79 Å². The van der Waals surface area contributed by atoms with E-state index in [-0.39, 0.29) is 5.91 Å². The first-order valence-corrected chi connectivity index (χ1v) is 7.34. The SMILES string of the molecule is Cc1cc(C(=O)NCCNc2ncnc3sccc23)n[nH]1. The van der Waals surface area contributed by atoms with E-state index in [1.165, 1.54) is 6.33 Å². The van der Waals surface area contributed by atoms with Crippen molar-refractivity contribution in [2.45, 2.75) is 6.92 Å². The number of nitrogens with zero attached hydrogens (tertiary/aromatic N) is 3. The van der Waals surface area contributed by atoms with Crippen molar-refractivity contribution in [3.63, 3.8) is 0 Å². The van der Waals surface area contributed by atoms with Gasteiger partial charge in [-0.2, -0.15) is 5.10 Å². The quantitative estimate of drug-likeness (QED) is 0.622. The first kappa shape index (κ1) is 13.5. The maximum atomic E-state index is 11.8. The van der Waals surface area contributed by atoms with E-state index in [1.54, 1.807) is 17.4 Å². The number of nitrogens with one attached hydrogen (secondary N) is 3. The monoisotopic (exact) mass is 302 g/mol. The van der Waals surface area contributed by atoms with E-state index in [0.717, 1.165) is 21.7 Å². The Morgan fingerprint density at radius 1 is 1.38 bits per heavy atom. The van der Waals surface area contributed by atoms with Crippen LogP contribution in [0.4, 0.5) is 5.82 Å². The molecule has 3 aromatic rings. The minimum absolute atomic E-state index is 0.190. The molecule has 0 bridgehead atoms. The number of aromatic amines is 1. The second-order valence-corrected chi connectivity index (χ2v) is 5.38. The van der Waals surface area contributed by atoms with E-state index in [1.807, 2.05) is 18.4 Å². The lowest BCUT2D eigenvalue weighted by atomic mass is 10.3. The Balaban J connectivity index is 1.52. The fraction of sp³-hybridized carbons (Fsp3) is 0.231. The number of H-pyrrole nitrogens is 1. The maximum absolute atomic E-state index is 11.8. The van der Waals surface area contributed by atoms with Gasteiger partial charge in [0.05, 0.1) is 5.39 Å². The molecular formula is C13H14N6OS. The highest BCUT2D eigenvalue weighted by atomic mass is 32.1. The molecule has 0 spiro atoms. The summed E-state index contributed by atoms with van der Waals surface area (Å²) in [6.07, 6.45) is 1.53. The van der Waals surface area contributed by atoms with Gasteiger partial charge in [0, 0.05) is 18.8 Å². The van der Waals surface area contributed by atoms with Crippen molar-refractivity contribution in [2.24, 2.45) is 0 Å². The summed E-state index contributed by atoms with van der Waals surface area (Å²) in [7, 11) is 0. The number of rotatable bonds is 5. The molecule has 3 N–H and O–H groups in total. The molecule has 7 nitrogen and oxygen atoms in total. The van der Waals surface area contributed by atoms with Crippen molar-refractivity contribution in [2.75, 3.05) is 18.4 Å². The zero-order chi connectivity index (χ0) is 14.7. The van der Waals surface area contributed by atoms with Crippen molar-refractivity contribution in [3.05, 3.63) is 35.2 Å². The van der Waals surface area contributed by atoms with Crippen LogP contribution in [0.15, 0.2) is 23.8 Å². The average molecular weight is 302 g/mol. The molecule has 3 aromatic heterocycles. The first-order chi connectivity index (χ1) is 10.2. The van der Waals surface area contributed by atoms with Gasteiger partial charge in [-0.1, -0.05) is 0 Å². The number of hydrogen-bond donors (Lipinski definition) is 3. The molecule has 0 aliphatic heterocycles. The second-order valence-electron chi connectivity index (χ2n) is 4.48. The summed E-state index contributed by atoms with van der Waals surface area (Å²) >= 11 is 1.57. The third kappa shape index (κ3) is 3.00. The van der Waals surface area contributed by atoms with Crippen LogP contribution in [0.1, 0.15) is 16.2 Å². The molecular weight excluding hydrogens is 288 g/mol. The lowest BCUT2D eigenvalue weighted by Gasteiger charge is -2.07. The minimum Gasteiger partial charge on any atom is -0.368 e. The van der Waals surface area contributed by atoms with Crippen molar-refractivity contribution in [3.8, 4) is 0 Å². The molecule has 0 radical (unpaired) electrons. The summed E-state index contributed by atoms with van der Waals surface area (Å²) < 4.78 is 0. The number of amides is 1. The molecule has 1 amide bonds. The lowest BCUT2D eigenvalue weighted by molar-refractivity contribution is 0.0950. The molecule has 0 unspecified atom stereocenters. The van der Waals surface area contributed by atoms with Crippen LogP contribution in [0.3, 0.4) is 0 Å². The minimum atomic E-state index is -0.190. The number of hydrogen-bond acceptors (Lipinski definition) is 6. The van der Waals surface area contributed by atoms with Gasteiger partial charge in [0.2, 0.25) is 0 Å². The van der Waals surface area contributed by atoms with Crippen LogP contribution in [-0.2, 0) is 0 Å². The molecule has 0 atom stereocenters. The number of carbonyl (C=O) groups excluding carboxylic acids is 1. The largest absolute Gasteiger partial charge is 0.368 e. The summed E-state index contributed by atoms with van der Waals surface area (Å²) in [5.41, 5.74) is 1.26. The van der Waals surface area contributed by atoms with Gasteiger partial charge in [-0.15, -0.1) is 11.3 Å². The van der Waals surface area contributed by atoms with Gasteiger partial charge in [0.25, 0.3) is 5.91 Å². The number of thiophene rings is 1. The molecule has 0 aromatic carbocycles. The fourth-order valence-electron chi connectivity index (χ4n) is 1.91. The summed E-state index contributed by atoms with van der Waals surface area (Å²) in [6.45, 7) is 2.92. The number of aryl methyl sites for hydroxylation is 1. The van der Waals surface area contributed by atoms with E-state index >= 15 is 0 Å². The predicted molar refractivity (Wildman–Crippen MR) is 81.6 cm³/mol. The molecule has 0 fully saturated rings. The van der Waals surface area contributed by atoms with Gasteiger partial charge in [-0.3, -0.25) is 9.89 Å². The van der Waals surface area contributed by atoms with Gasteiger partial charge in [0.1, 0.15) is 22.7 Å². The number of anilines is 1. The number of aromatic nitrogens is 4. The first-order valence-electron chi connectivity index (χ1n) is 6.46. The Hall–Kier alpha value is -2.48. The molecule has 108 valence electrons. The third-order valence-electron chi connectivity index (χ3n) is 2.90. The van der Waals surface area contributed by atoms with E-state index in [4.69, 9.17) is 0 Å². The van der Waals surface area contributed by atoms with Crippen molar-refractivity contribution < 1.29 is 4.79 Å². The summed E-state index contributed by atoms with van der Waals surface area (Å²) in [4.78, 5) is 21.1. The topological polar surface area (TPSA) is 95.6 Å². The fourth-order valence-corrected chi connectivity index (χ4v) is 2.65. The molecule has 21 heavy (non-hydrogen) atoms. The molecule has 8 heteroatoms. The highest BCUT2D eigenvalue weighted by Crippen LogP contribution is 2.23. The van der Waals surface area contributed by atoms with Gasteiger partial charge in [0.15, 0.2) is 0 Å². The van der Waals surface area contributed by atoms with Crippen LogP contribution in [-0.4, -0.2) is 39.2 Å². The zero-order valence-electron chi connectivity index (χ0n) is 11.4. The Bertz CT molecular complexity index is 765. The van der Waals surface area contributed by atoms with Crippen LogP contribution in [0.2, 0.25) is 0 Å². The van der Waals surface area contributed by atoms with E-state index in [0.29, 0.717) is 18.8 Å². The highest BCUT2D eigenvalue weighted by molar-refractivity contribution is 7.16. The molecule has 0 saturated carbocycles. The van der Waals surface area contributed by atoms with Crippen LogP contribution < -0.4 is 10.6 Å². The molecule has 3 heterocycles. The maximum Gasteiger partial charge on any atom is 0.271 e. The number of carbonyl (C=O) groups is 1. The average Bonchev–Trinajstić information content (AvgIpc) is 3.12. The normalized spacial score (nSPS) is 10.7. The second kappa shape index (κ2) is 5.88. The smallest absolute Gasteiger partial charge is 0.271 e. The standard InChI is InChI=1S/C13H14N6OS/c1-8-6-10(19-18-8)12(20)15-4-3-14-11-9-2-5-21-13(9)17-7-16-11/h2,5-7H,3-4H2,1H3,(H,15,20)(H,18,19)(H,14,16,17). The Morgan fingerprint density at radius 3 is 3.10 bits per heavy atom. The van der Waals surface area contributed by atoms with Crippen molar-refractivity contribution >= 4 is 33.3 Å². The molecule has 3 rings (SSSR count). The molecule has 0 saturated heterocycles. The Morgan fingerprint density at radius 2 is 2.29 bits per heavy atom. The van der Waals surface area contributed by atoms with Gasteiger partial charge in [-0.05, 0) is 24.4 Å². The Labute approximate surface area is 124 Å². The van der Waals surface area contributed by atoms with Crippen molar-refractivity contribution in [1.29, 1.82) is 0 Å². The Kier molecular flexibility index (Phi) is 3.78. The van der Waals surface area contributed by atoms with Crippen LogP contribution >= 0.6 is 11.3 Å². The van der Waals surface area contributed by atoms with Crippen LogP contribution in [0.5, 0.6) is 0 Å². The van der Waals surface area contributed by atoms with Crippen LogP contribution in [0.25, 0.3) is 10.2 Å². The van der Waals surface area contributed by atoms with Gasteiger partial charge >= 0.3 is 0 Å². The van der Waals surface area contributed by atoms with Crippen LogP contribution in [0, 0.1) is 6.92 Å². The zero-order valence-corrected chi connectivity index (χ0v) is 12.2. The van der Waals surface area contributed by atoms with Gasteiger partial charge < -0.3 is 10.6 Å². The third-order valence-corrected chi connectivity index (χ3v) is 3.72. The summed E-state index contributed by atoms with van der Waals surface area (Å²) in [6, 6.07) is 3.69. The molecule has 0 aliphatic rings. The summed E-state index contributed by atoms with van der Waals surface area (Å²) in [5, 5.41) is 15.6. The predicted octanol–water partition coefficient (Wildman–Crippen LogP) is 1.56.